The summed E-state index contributed by atoms with van der Waals surface area (Å²) >= 11 is 0. The fraction of sp³-hybridized carbons (Fsp3) is 0.375. The van der Waals surface area contributed by atoms with E-state index in [0.717, 1.165) is 17.7 Å². The number of aryl methyl sites for hydroxylation is 1. The lowest BCUT2D eigenvalue weighted by Gasteiger charge is -2.28. The Morgan fingerprint density at radius 1 is 1.38 bits per heavy atom. The van der Waals surface area contributed by atoms with Crippen LogP contribution in [0.4, 0.5) is 5.69 Å². The van der Waals surface area contributed by atoms with E-state index in [0.29, 0.717) is 13.0 Å². The van der Waals surface area contributed by atoms with Crippen LogP contribution in [0.1, 0.15) is 18.9 Å². The van der Waals surface area contributed by atoms with Gasteiger partial charge < -0.3 is 10.2 Å². The van der Waals surface area contributed by atoms with E-state index in [9.17, 15) is 18.0 Å². The molecule has 1 aromatic carbocycles. The Labute approximate surface area is 141 Å². The number of carbonyl (C=O) groups is 2. The third-order valence-electron chi connectivity index (χ3n) is 3.73. The molecule has 0 bridgehead atoms. The summed E-state index contributed by atoms with van der Waals surface area (Å²) in [7, 11) is -3.79. The van der Waals surface area contributed by atoms with Crippen molar-refractivity contribution in [2.45, 2.75) is 24.7 Å². The molecule has 2 N–H and O–H groups in total. The molecule has 0 saturated carbocycles. The highest BCUT2D eigenvalue weighted by atomic mass is 32.2. The summed E-state index contributed by atoms with van der Waals surface area (Å²) in [5.74, 6) is -0.497. The fourth-order valence-electron chi connectivity index (χ4n) is 2.56. The average Bonchev–Trinajstić information content (AvgIpc) is 2.57. The number of hydrogen-bond acceptors (Lipinski definition) is 4. The molecule has 130 valence electrons. The maximum atomic E-state index is 12.3. The number of rotatable bonds is 6. The zero-order chi connectivity index (χ0) is 17.7. The van der Waals surface area contributed by atoms with Gasteiger partial charge in [0.05, 0.1) is 11.4 Å². The zero-order valence-electron chi connectivity index (χ0n) is 13.5. The maximum Gasteiger partial charge on any atom is 0.241 e. The van der Waals surface area contributed by atoms with Gasteiger partial charge in [-0.1, -0.05) is 6.08 Å². The molecule has 0 fully saturated rings. The number of anilines is 1. The molecule has 0 atom stereocenters. The second-order valence-corrected chi connectivity index (χ2v) is 7.25. The van der Waals surface area contributed by atoms with Gasteiger partial charge in [0.1, 0.15) is 0 Å². The summed E-state index contributed by atoms with van der Waals surface area (Å²) in [6, 6.07) is 4.65. The molecule has 1 aliphatic heterocycles. The van der Waals surface area contributed by atoms with Gasteiger partial charge in [-0.25, -0.2) is 13.1 Å². The van der Waals surface area contributed by atoms with Gasteiger partial charge in [-0.2, -0.15) is 0 Å². The van der Waals surface area contributed by atoms with Gasteiger partial charge >= 0.3 is 0 Å². The van der Waals surface area contributed by atoms with Crippen LogP contribution in [0.3, 0.4) is 0 Å². The van der Waals surface area contributed by atoms with Gasteiger partial charge in [-0.3, -0.25) is 9.59 Å². The van der Waals surface area contributed by atoms with Crippen molar-refractivity contribution in [3.63, 3.8) is 0 Å². The number of nitrogens with one attached hydrogen (secondary N) is 2. The number of carbonyl (C=O) groups excluding carboxylic acids is 2. The Hall–Kier alpha value is -2.19. The van der Waals surface area contributed by atoms with Crippen LogP contribution in [0.25, 0.3) is 0 Å². The highest BCUT2D eigenvalue weighted by molar-refractivity contribution is 7.89. The first kappa shape index (κ1) is 18.2. The van der Waals surface area contributed by atoms with Crippen molar-refractivity contribution in [1.29, 1.82) is 0 Å². The van der Waals surface area contributed by atoms with Gasteiger partial charge in [0.15, 0.2) is 0 Å². The summed E-state index contributed by atoms with van der Waals surface area (Å²) < 4.78 is 26.9. The van der Waals surface area contributed by atoms with Crippen LogP contribution in [-0.4, -0.2) is 39.9 Å². The molecule has 7 nitrogen and oxygen atoms in total. The standard InChI is InChI=1S/C16H21N3O4S/c1-3-8-17-16(21)11-18-24(22,23)14-6-7-15-13(10-14)5-4-9-19(15)12(2)20/h3,6-7,10,18H,1,4-5,8-9,11H2,2H3,(H,17,21). The first-order valence-corrected chi connectivity index (χ1v) is 9.12. The summed E-state index contributed by atoms with van der Waals surface area (Å²) in [6.45, 7) is 5.53. The van der Waals surface area contributed by atoms with E-state index in [1.165, 1.54) is 19.1 Å². The topological polar surface area (TPSA) is 95.6 Å². The highest BCUT2D eigenvalue weighted by Crippen LogP contribution is 2.29. The Kier molecular flexibility index (Phi) is 5.74. The van der Waals surface area contributed by atoms with E-state index in [4.69, 9.17) is 0 Å². The van der Waals surface area contributed by atoms with Crippen LogP contribution in [-0.2, 0) is 26.0 Å². The van der Waals surface area contributed by atoms with Crippen molar-refractivity contribution < 1.29 is 18.0 Å². The minimum atomic E-state index is -3.79. The molecule has 0 radical (unpaired) electrons. The van der Waals surface area contributed by atoms with Gasteiger partial charge in [0.25, 0.3) is 0 Å². The van der Waals surface area contributed by atoms with E-state index >= 15 is 0 Å². The fourth-order valence-corrected chi connectivity index (χ4v) is 3.59. The van der Waals surface area contributed by atoms with E-state index < -0.39 is 15.9 Å². The molecule has 24 heavy (non-hydrogen) atoms. The highest BCUT2D eigenvalue weighted by Gasteiger charge is 2.23. The molecule has 8 heteroatoms. The summed E-state index contributed by atoms with van der Waals surface area (Å²) in [5, 5.41) is 2.50. The van der Waals surface area contributed by atoms with Crippen molar-refractivity contribution in [3.8, 4) is 0 Å². The van der Waals surface area contributed by atoms with Crippen LogP contribution in [0, 0.1) is 0 Å². The van der Waals surface area contributed by atoms with Crippen LogP contribution >= 0.6 is 0 Å². The van der Waals surface area contributed by atoms with Gasteiger partial charge in [0, 0.05) is 25.7 Å². The lowest BCUT2D eigenvalue weighted by molar-refractivity contribution is -0.119. The molecule has 0 spiro atoms. The predicted molar refractivity (Wildman–Crippen MR) is 91.2 cm³/mol. The maximum absolute atomic E-state index is 12.3. The SMILES string of the molecule is C=CCNC(=O)CNS(=O)(=O)c1ccc2c(c1)CCCN2C(C)=O. The Balaban J connectivity index is 2.15. The number of benzene rings is 1. The first-order chi connectivity index (χ1) is 11.3. The second-order valence-electron chi connectivity index (χ2n) is 5.48. The number of amides is 2. The molecular weight excluding hydrogens is 330 g/mol. The molecule has 1 aromatic rings. The third kappa shape index (κ3) is 4.21. The van der Waals surface area contributed by atoms with Gasteiger partial charge in [-0.05, 0) is 36.6 Å². The number of nitrogens with zero attached hydrogens (tertiary/aromatic N) is 1. The Morgan fingerprint density at radius 2 is 2.12 bits per heavy atom. The number of hydrogen-bond donors (Lipinski definition) is 2. The monoisotopic (exact) mass is 351 g/mol. The summed E-state index contributed by atoms with van der Waals surface area (Å²) in [4.78, 5) is 24.9. The molecule has 1 heterocycles. The number of fused-ring (bicyclic) bond motifs is 1. The molecule has 0 unspecified atom stereocenters. The largest absolute Gasteiger partial charge is 0.352 e. The van der Waals surface area contributed by atoms with Gasteiger partial charge in [-0.15, -0.1) is 6.58 Å². The van der Waals surface area contributed by atoms with Crippen molar-refractivity contribution in [2.24, 2.45) is 0 Å². The summed E-state index contributed by atoms with van der Waals surface area (Å²) in [6.07, 6.45) is 3.01. The van der Waals surface area contributed by atoms with Gasteiger partial charge in [0.2, 0.25) is 21.8 Å². The smallest absolute Gasteiger partial charge is 0.241 e. The third-order valence-corrected chi connectivity index (χ3v) is 5.13. The van der Waals surface area contributed by atoms with Crippen LogP contribution in [0.15, 0.2) is 35.7 Å². The minimum absolute atomic E-state index is 0.0661. The van der Waals surface area contributed by atoms with Crippen LogP contribution in [0.2, 0.25) is 0 Å². The lowest BCUT2D eigenvalue weighted by Crippen LogP contribution is -2.37. The van der Waals surface area contributed by atoms with Crippen molar-refractivity contribution in [3.05, 3.63) is 36.4 Å². The Morgan fingerprint density at radius 3 is 2.79 bits per heavy atom. The molecule has 2 amide bonds. The molecule has 0 saturated heterocycles. The molecule has 2 rings (SSSR count). The van der Waals surface area contributed by atoms with Crippen molar-refractivity contribution in [1.82, 2.24) is 10.0 Å². The lowest BCUT2D eigenvalue weighted by atomic mass is 10.0. The van der Waals surface area contributed by atoms with Crippen LogP contribution in [0.5, 0.6) is 0 Å². The minimum Gasteiger partial charge on any atom is -0.352 e. The first-order valence-electron chi connectivity index (χ1n) is 7.63. The van der Waals surface area contributed by atoms with Crippen LogP contribution < -0.4 is 14.9 Å². The van der Waals surface area contributed by atoms with E-state index in [1.54, 1.807) is 17.0 Å². The van der Waals surface area contributed by atoms with E-state index in [2.05, 4.69) is 16.6 Å². The predicted octanol–water partition coefficient (Wildman–Crippen LogP) is 0.566. The summed E-state index contributed by atoms with van der Waals surface area (Å²) in [5.41, 5.74) is 1.56. The second kappa shape index (κ2) is 7.59. The normalized spacial score (nSPS) is 14.0. The zero-order valence-corrected chi connectivity index (χ0v) is 14.4. The van der Waals surface area contributed by atoms with Crippen molar-refractivity contribution in [2.75, 3.05) is 24.5 Å². The quantitative estimate of drug-likeness (QED) is 0.732. The average molecular weight is 351 g/mol. The Bertz CT molecular complexity index is 759. The van der Waals surface area contributed by atoms with Crippen molar-refractivity contribution >= 4 is 27.5 Å². The molecule has 0 aromatic heterocycles. The molecular formula is C16H21N3O4S. The number of sulfonamides is 1. The van der Waals surface area contributed by atoms with E-state index in [-0.39, 0.29) is 23.9 Å². The molecule has 0 aliphatic carbocycles. The van der Waals surface area contributed by atoms with E-state index in [1.807, 2.05) is 0 Å². The molecule has 1 aliphatic rings.